The summed E-state index contributed by atoms with van der Waals surface area (Å²) in [6, 6.07) is 12.4. The number of nitrogens with two attached hydrogens (primary N) is 1. The minimum atomic E-state index is 0.715. The third-order valence-electron chi connectivity index (χ3n) is 3.19. The second-order valence-corrected chi connectivity index (χ2v) is 4.51. The van der Waals surface area contributed by atoms with E-state index in [2.05, 4.69) is 25.1 Å². The van der Waals surface area contributed by atoms with Crippen molar-refractivity contribution < 1.29 is 4.74 Å². The molecule has 2 heteroatoms. The molecule has 0 bridgehead atoms. The number of nitrogen functional groups attached to an aromatic ring is 1. The van der Waals surface area contributed by atoms with E-state index >= 15 is 0 Å². The van der Waals surface area contributed by atoms with Crippen LogP contribution in [0, 0.1) is 6.92 Å². The first kappa shape index (κ1) is 10.2. The van der Waals surface area contributed by atoms with Gasteiger partial charge in [-0.05, 0) is 30.2 Å². The Kier molecular flexibility index (Phi) is 2.29. The van der Waals surface area contributed by atoms with Crippen molar-refractivity contribution in [2.75, 3.05) is 12.3 Å². The molecule has 2 N–H and O–H groups in total. The number of hydrogen-bond donors (Lipinski definition) is 1. The smallest absolute Gasteiger partial charge is 0.129 e. The zero-order valence-corrected chi connectivity index (χ0v) is 9.86. The maximum atomic E-state index is 5.80. The summed E-state index contributed by atoms with van der Waals surface area (Å²) in [5.41, 5.74) is 11.6. The molecule has 1 aliphatic rings. The zero-order chi connectivity index (χ0) is 11.8. The number of ether oxygens (including phenoxy) is 1. The van der Waals surface area contributed by atoms with Crippen LogP contribution in [-0.4, -0.2) is 6.61 Å². The number of rotatable bonds is 0. The van der Waals surface area contributed by atoms with E-state index in [1.54, 1.807) is 0 Å². The van der Waals surface area contributed by atoms with Gasteiger partial charge < -0.3 is 10.5 Å². The van der Waals surface area contributed by atoms with Crippen LogP contribution in [0.4, 0.5) is 5.69 Å². The largest absolute Gasteiger partial charge is 0.493 e. The second-order valence-electron chi connectivity index (χ2n) is 4.51. The van der Waals surface area contributed by atoms with Crippen LogP contribution in [0.5, 0.6) is 5.75 Å². The lowest BCUT2D eigenvalue weighted by atomic mass is 9.96. The van der Waals surface area contributed by atoms with Crippen molar-refractivity contribution in [2.45, 2.75) is 13.3 Å². The Bertz CT molecular complexity index is 524. The average Bonchev–Trinajstić information content (AvgIpc) is 2.47. The van der Waals surface area contributed by atoms with Crippen molar-refractivity contribution in [2.24, 2.45) is 0 Å². The summed E-state index contributed by atoms with van der Waals surface area (Å²) in [5, 5.41) is 0. The number of benzene rings is 2. The van der Waals surface area contributed by atoms with Gasteiger partial charge in [0, 0.05) is 23.7 Å². The molecular formula is C15H15NO. The van der Waals surface area contributed by atoms with Crippen LogP contribution in [0.25, 0.3) is 11.1 Å². The van der Waals surface area contributed by atoms with E-state index in [4.69, 9.17) is 10.5 Å². The normalized spacial score (nSPS) is 13.2. The number of fused-ring (bicyclic) bond motifs is 3. The van der Waals surface area contributed by atoms with Crippen LogP contribution in [0.15, 0.2) is 36.4 Å². The van der Waals surface area contributed by atoms with Gasteiger partial charge in [0.05, 0.1) is 6.61 Å². The molecule has 0 saturated carbocycles. The maximum Gasteiger partial charge on any atom is 0.129 e. The Morgan fingerprint density at radius 1 is 1.06 bits per heavy atom. The molecule has 0 spiro atoms. The molecule has 0 unspecified atom stereocenters. The summed E-state index contributed by atoms with van der Waals surface area (Å²) in [7, 11) is 0. The molecule has 3 rings (SSSR count). The van der Waals surface area contributed by atoms with Crippen LogP contribution in [-0.2, 0) is 6.42 Å². The van der Waals surface area contributed by atoms with Crippen molar-refractivity contribution >= 4 is 5.69 Å². The van der Waals surface area contributed by atoms with Crippen LogP contribution in [0.3, 0.4) is 0 Å². The first-order chi connectivity index (χ1) is 8.24. The van der Waals surface area contributed by atoms with Gasteiger partial charge in [-0.2, -0.15) is 0 Å². The third-order valence-corrected chi connectivity index (χ3v) is 3.19. The molecule has 17 heavy (non-hydrogen) atoms. The minimum absolute atomic E-state index is 0.715. The Balaban J connectivity index is 2.24. The summed E-state index contributed by atoms with van der Waals surface area (Å²) in [5.74, 6) is 0.896. The van der Waals surface area contributed by atoms with E-state index in [0.29, 0.717) is 6.61 Å². The summed E-state index contributed by atoms with van der Waals surface area (Å²) < 4.78 is 5.77. The van der Waals surface area contributed by atoms with E-state index in [1.165, 1.54) is 16.7 Å². The molecular weight excluding hydrogens is 210 g/mol. The highest BCUT2D eigenvalue weighted by Crippen LogP contribution is 2.36. The third kappa shape index (κ3) is 1.76. The van der Waals surface area contributed by atoms with Crippen LogP contribution >= 0.6 is 0 Å². The first-order valence-electron chi connectivity index (χ1n) is 5.86. The fourth-order valence-electron chi connectivity index (χ4n) is 2.34. The van der Waals surface area contributed by atoms with Gasteiger partial charge in [-0.1, -0.05) is 23.8 Å². The topological polar surface area (TPSA) is 35.2 Å². The Morgan fingerprint density at radius 2 is 1.88 bits per heavy atom. The minimum Gasteiger partial charge on any atom is -0.493 e. The molecule has 2 nitrogen and oxygen atoms in total. The number of anilines is 1. The van der Waals surface area contributed by atoms with Gasteiger partial charge in [0.25, 0.3) is 0 Å². The number of aryl methyl sites for hydroxylation is 1. The lowest BCUT2D eigenvalue weighted by molar-refractivity contribution is 0.326. The Hall–Kier alpha value is -1.96. The van der Waals surface area contributed by atoms with E-state index in [0.717, 1.165) is 23.4 Å². The quantitative estimate of drug-likeness (QED) is 0.699. The van der Waals surface area contributed by atoms with Gasteiger partial charge in [-0.15, -0.1) is 0 Å². The van der Waals surface area contributed by atoms with E-state index in [9.17, 15) is 0 Å². The molecule has 0 atom stereocenters. The maximum absolute atomic E-state index is 5.80. The SMILES string of the molecule is Cc1ccc2c(c1)CCOc1cc(N)ccc1-2. The monoisotopic (exact) mass is 225 g/mol. The Morgan fingerprint density at radius 3 is 2.76 bits per heavy atom. The van der Waals surface area contributed by atoms with Crippen molar-refractivity contribution in [3.8, 4) is 16.9 Å². The van der Waals surface area contributed by atoms with E-state index in [-0.39, 0.29) is 0 Å². The van der Waals surface area contributed by atoms with E-state index in [1.807, 2.05) is 18.2 Å². The summed E-state index contributed by atoms with van der Waals surface area (Å²) >= 11 is 0. The highest BCUT2D eigenvalue weighted by molar-refractivity contribution is 5.76. The zero-order valence-electron chi connectivity index (χ0n) is 9.86. The molecule has 0 aliphatic carbocycles. The van der Waals surface area contributed by atoms with Crippen LogP contribution in [0.1, 0.15) is 11.1 Å². The summed E-state index contributed by atoms with van der Waals surface area (Å²) in [6.07, 6.45) is 0.950. The molecule has 0 aromatic heterocycles. The van der Waals surface area contributed by atoms with Gasteiger partial charge in [-0.25, -0.2) is 0 Å². The van der Waals surface area contributed by atoms with E-state index < -0.39 is 0 Å². The highest BCUT2D eigenvalue weighted by Gasteiger charge is 2.15. The van der Waals surface area contributed by atoms with Gasteiger partial charge in [0.15, 0.2) is 0 Å². The molecule has 1 aliphatic heterocycles. The molecule has 86 valence electrons. The molecule has 0 amide bonds. The standard InChI is InChI=1S/C15H15NO/c1-10-2-4-13-11(8-10)6-7-17-15-9-12(16)3-5-14(13)15/h2-5,8-9H,6-7,16H2,1H3. The van der Waals surface area contributed by atoms with Gasteiger partial charge in [0.2, 0.25) is 0 Å². The van der Waals surface area contributed by atoms with Crippen LogP contribution in [0.2, 0.25) is 0 Å². The molecule has 0 saturated heterocycles. The molecule has 1 heterocycles. The van der Waals surface area contributed by atoms with Crippen LogP contribution < -0.4 is 10.5 Å². The molecule has 2 aromatic rings. The fraction of sp³-hybridized carbons (Fsp3) is 0.200. The van der Waals surface area contributed by atoms with Crippen molar-refractivity contribution in [3.05, 3.63) is 47.5 Å². The van der Waals surface area contributed by atoms with Crippen molar-refractivity contribution in [1.82, 2.24) is 0 Å². The predicted molar refractivity (Wildman–Crippen MR) is 70.2 cm³/mol. The Labute approximate surface area is 101 Å². The molecule has 0 fully saturated rings. The first-order valence-corrected chi connectivity index (χ1v) is 5.86. The highest BCUT2D eigenvalue weighted by atomic mass is 16.5. The lowest BCUT2D eigenvalue weighted by Crippen LogP contribution is -1.99. The van der Waals surface area contributed by atoms with Gasteiger partial charge in [0.1, 0.15) is 5.75 Å². The average molecular weight is 225 g/mol. The summed E-state index contributed by atoms with van der Waals surface area (Å²) in [4.78, 5) is 0. The molecule has 2 aromatic carbocycles. The fourth-order valence-corrected chi connectivity index (χ4v) is 2.34. The van der Waals surface area contributed by atoms with Gasteiger partial charge in [-0.3, -0.25) is 0 Å². The van der Waals surface area contributed by atoms with Crippen molar-refractivity contribution in [1.29, 1.82) is 0 Å². The van der Waals surface area contributed by atoms with Gasteiger partial charge >= 0.3 is 0 Å². The summed E-state index contributed by atoms with van der Waals surface area (Å²) in [6.45, 7) is 2.84. The second kappa shape index (κ2) is 3.81. The molecule has 0 radical (unpaired) electrons. The predicted octanol–water partition coefficient (Wildman–Crippen LogP) is 3.18. The van der Waals surface area contributed by atoms with Crippen molar-refractivity contribution in [3.63, 3.8) is 0 Å². The lowest BCUT2D eigenvalue weighted by Gasteiger charge is -2.09. The number of hydrogen-bond acceptors (Lipinski definition) is 2.